The minimum absolute atomic E-state index is 0.648. The lowest BCUT2D eigenvalue weighted by Gasteiger charge is -2.34. The third-order valence-electron chi connectivity index (χ3n) is 3.23. The third kappa shape index (κ3) is 4.48. The summed E-state index contributed by atoms with van der Waals surface area (Å²) < 4.78 is 0.648. The number of thiazole rings is 1. The van der Waals surface area contributed by atoms with Gasteiger partial charge < -0.3 is 4.90 Å². The monoisotopic (exact) mass is 288 g/mol. The van der Waals surface area contributed by atoms with Gasteiger partial charge in [0.1, 0.15) is 0 Å². The van der Waals surface area contributed by atoms with Crippen LogP contribution in [0.5, 0.6) is 0 Å². The van der Waals surface area contributed by atoms with Crippen LogP contribution in [-0.4, -0.2) is 73.0 Å². The highest BCUT2D eigenvalue weighted by Crippen LogP contribution is 2.19. The Morgan fingerprint density at radius 3 is 2.50 bits per heavy atom. The van der Waals surface area contributed by atoms with Crippen LogP contribution in [0.2, 0.25) is 4.47 Å². The van der Waals surface area contributed by atoms with E-state index in [2.05, 4.69) is 33.8 Å². The second kappa shape index (κ2) is 6.82. The molecule has 0 aliphatic carbocycles. The van der Waals surface area contributed by atoms with Crippen LogP contribution in [0.25, 0.3) is 0 Å². The molecule has 0 unspecified atom stereocenters. The minimum atomic E-state index is 0.648. The fourth-order valence-corrected chi connectivity index (χ4v) is 3.11. The van der Waals surface area contributed by atoms with Crippen molar-refractivity contribution in [2.24, 2.45) is 0 Å². The molecule has 2 heterocycles. The number of piperazine rings is 1. The summed E-state index contributed by atoms with van der Waals surface area (Å²) >= 11 is 7.44. The topological polar surface area (TPSA) is 22.6 Å². The second-order valence-corrected chi connectivity index (χ2v) is 6.70. The molecule has 2 rings (SSSR count). The lowest BCUT2D eigenvalue weighted by atomic mass is 10.3. The molecule has 0 spiro atoms. The van der Waals surface area contributed by atoms with Gasteiger partial charge in [-0.15, -0.1) is 11.3 Å². The van der Waals surface area contributed by atoms with E-state index in [1.54, 1.807) is 11.3 Å². The molecule has 1 aliphatic heterocycles. The molecule has 1 aliphatic rings. The number of halogens is 1. The molecule has 18 heavy (non-hydrogen) atoms. The molecule has 6 heteroatoms. The number of aromatic nitrogens is 1. The van der Waals surface area contributed by atoms with Crippen LogP contribution < -0.4 is 0 Å². The summed E-state index contributed by atoms with van der Waals surface area (Å²) in [4.78, 5) is 12.6. The van der Waals surface area contributed by atoms with Crippen LogP contribution in [-0.2, 0) is 6.54 Å². The highest BCUT2D eigenvalue weighted by atomic mass is 35.5. The summed E-state index contributed by atoms with van der Waals surface area (Å²) in [5.74, 6) is 0. The maximum atomic E-state index is 5.85. The normalized spacial score (nSPS) is 18.7. The smallest absolute Gasteiger partial charge is 0.183 e. The highest BCUT2D eigenvalue weighted by molar-refractivity contribution is 7.15. The Bertz CT molecular complexity index is 361. The summed E-state index contributed by atoms with van der Waals surface area (Å²) in [7, 11) is 4.26. The first kappa shape index (κ1) is 14.2. The van der Waals surface area contributed by atoms with Gasteiger partial charge in [-0.25, -0.2) is 4.98 Å². The van der Waals surface area contributed by atoms with Crippen LogP contribution in [0.4, 0.5) is 0 Å². The number of rotatable bonds is 5. The van der Waals surface area contributed by atoms with Gasteiger partial charge in [-0.3, -0.25) is 9.80 Å². The molecule has 0 amide bonds. The van der Waals surface area contributed by atoms with Crippen molar-refractivity contribution >= 4 is 22.9 Å². The Hall–Kier alpha value is -0.200. The third-order valence-corrected chi connectivity index (χ3v) is 4.33. The van der Waals surface area contributed by atoms with E-state index in [1.807, 2.05) is 6.20 Å². The Morgan fingerprint density at radius 1 is 1.28 bits per heavy atom. The van der Waals surface area contributed by atoms with Crippen LogP contribution in [0, 0.1) is 0 Å². The van der Waals surface area contributed by atoms with E-state index in [-0.39, 0.29) is 0 Å². The van der Waals surface area contributed by atoms with Gasteiger partial charge in [-0.05, 0) is 14.1 Å². The van der Waals surface area contributed by atoms with Gasteiger partial charge in [0.05, 0.1) is 0 Å². The quantitative estimate of drug-likeness (QED) is 0.818. The number of likely N-dealkylation sites (N-methyl/N-ethyl adjacent to an activating group) is 1. The van der Waals surface area contributed by atoms with Gasteiger partial charge in [0, 0.05) is 56.9 Å². The summed E-state index contributed by atoms with van der Waals surface area (Å²) in [5.41, 5.74) is 0. The average Bonchev–Trinajstić information content (AvgIpc) is 2.74. The number of hydrogen-bond acceptors (Lipinski definition) is 5. The van der Waals surface area contributed by atoms with Crippen molar-refractivity contribution in [3.8, 4) is 0 Å². The van der Waals surface area contributed by atoms with Crippen LogP contribution in [0.15, 0.2) is 6.20 Å². The molecular formula is C12H21ClN4S. The van der Waals surface area contributed by atoms with Crippen molar-refractivity contribution in [1.29, 1.82) is 0 Å². The molecule has 4 nitrogen and oxygen atoms in total. The molecule has 0 bridgehead atoms. The maximum absolute atomic E-state index is 5.85. The van der Waals surface area contributed by atoms with E-state index in [4.69, 9.17) is 11.6 Å². The summed E-state index contributed by atoms with van der Waals surface area (Å²) in [6.07, 6.45) is 1.89. The maximum Gasteiger partial charge on any atom is 0.183 e. The molecule has 1 fully saturated rings. The fourth-order valence-electron chi connectivity index (χ4n) is 2.09. The van der Waals surface area contributed by atoms with Crippen LogP contribution in [0.3, 0.4) is 0 Å². The van der Waals surface area contributed by atoms with Crippen molar-refractivity contribution in [1.82, 2.24) is 19.7 Å². The van der Waals surface area contributed by atoms with Gasteiger partial charge in [0.2, 0.25) is 0 Å². The second-order valence-electron chi connectivity index (χ2n) is 5.00. The molecule has 0 N–H and O–H groups in total. The van der Waals surface area contributed by atoms with Gasteiger partial charge in [0.15, 0.2) is 4.47 Å². The van der Waals surface area contributed by atoms with E-state index >= 15 is 0 Å². The van der Waals surface area contributed by atoms with Crippen molar-refractivity contribution in [2.45, 2.75) is 6.54 Å². The number of nitrogens with zero attached hydrogens (tertiary/aromatic N) is 4. The SMILES string of the molecule is CN(C)CCN1CCN(Cc2cnc(Cl)s2)CC1. The first-order valence-corrected chi connectivity index (χ1v) is 7.52. The lowest BCUT2D eigenvalue weighted by molar-refractivity contribution is 0.121. The fraction of sp³-hybridized carbons (Fsp3) is 0.750. The Morgan fingerprint density at radius 2 is 1.94 bits per heavy atom. The van der Waals surface area contributed by atoms with Gasteiger partial charge in [-0.1, -0.05) is 11.6 Å². The predicted octanol–water partition coefficient (Wildman–Crippen LogP) is 1.48. The summed E-state index contributed by atoms with van der Waals surface area (Å²) in [5, 5.41) is 0. The number of hydrogen-bond donors (Lipinski definition) is 0. The molecule has 1 aromatic rings. The molecule has 0 radical (unpaired) electrons. The Balaban J connectivity index is 1.70. The van der Waals surface area contributed by atoms with Crippen LogP contribution in [0.1, 0.15) is 4.88 Å². The first-order chi connectivity index (χ1) is 8.63. The lowest BCUT2D eigenvalue weighted by Crippen LogP contribution is -2.47. The molecule has 0 atom stereocenters. The molecule has 0 aromatic carbocycles. The highest BCUT2D eigenvalue weighted by Gasteiger charge is 2.17. The zero-order valence-corrected chi connectivity index (χ0v) is 12.7. The zero-order valence-electron chi connectivity index (χ0n) is 11.1. The molecule has 1 aromatic heterocycles. The zero-order chi connectivity index (χ0) is 13.0. The van der Waals surface area contributed by atoms with Crippen molar-refractivity contribution < 1.29 is 0 Å². The van der Waals surface area contributed by atoms with E-state index in [9.17, 15) is 0 Å². The molecule has 1 saturated heterocycles. The van der Waals surface area contributed by atoms with Gasteiger partial charge in [-0.2, -0.15) is 0 Å². The Labute approximate surface area is 118 Å². The largest absolute Gasteiger partial charge is 0.308 e. The minimum Gasteiger partial charge on any atom is -0.308 e. The van der Waals surface area contributed by atoms with Crippen molar-refractivity contribution in [3.63, 3.8) is 0 Å². The molecule has 0 saturated carbocycles. The van der Waals surface area contributed by atoms with Gasteiger partial charge >= 0.3 is 0 Å². The van der Waals surface area contributed by atoms with E-state index in [0.717, 1.165) is 26.2 Å². The standard InChI is InChI=1S/C12H21ClN4S/c1-15(2)3-4-16-5-7-17(8-6-16)10-11-9-14-12(13)18-11/h9H,3-8,10H2,1-2H3. The molecule has 102 valence electrons. The summed E-state index contributed by atoms with van der Waals surface area (Å²) in [6.45, 7) is 7.93. The average molecular weight is 289 g/mol. The molecular weight excluding hydrogens is 268 g/mol. The van der Waals surface area contributed by atoms with E-state index in [0.29, 0.717) is 4.47 Å². The Kier molecular flexibility index (Phi) is 5.38. The predicted molar refractivity (Wildman–Crippen MR) is 77.4 cm³/mol. The first-order valence-electron chi connectivity index (χ1n) is 6.33. The van der Waals surface area contributed by atoms with Gasteiger partial charge in [0.25, 0.3) is 0 Å². The van der Waals surface area contributed by atoms with Crippen molar-refractivity contribution in [3.05, 3.63) is 15.5 Å². The van der Waals surface area contributed by atoms with E-state index < -0.39 is 0 Å². The van der Waals surface area contributed by atoms with E-state index in [1.165, 1.54) is 24.5 Å². The van der Waals surface area contributed by atoms with Crippen molar-refractivity contribution in [2.75, 3.05) is 53.4 Å². The summed E-state index contributed by atoms with van der Waals surface area (Å²) in [6, 6.07) is 0. The van der Waals surface area contributed by atoms with Crippen LogP contribution >= 0.6 is 22.9 Å².